The van der Waals surface area contributed by atoms with Crippen LogP contribution in [-0.2, 0) is 9.84 Å². The largest absolute Gasteiger partial charge is 0.497 e. The van der Waals surface area contributed by atoms with E-state index >= 15 is 0 Å². The molecular weight excluding hydrogens is 255 g/mol. The lowest BCUT2D eigenvalue weighted by Crippen LogP contribution is -2.35. The van der Waals surface area contributed by atoms with Crippen molar-refractivity contribution >= 4 is 22.2 Å². The normalized spacial score (nSPS) is 19.7. The van der Waals surface area contributed by atoms with Crippen LogP contribution < -0.4 is 5.32 Å². The molecule has 92 valence electrons. The van der Waals surface area contributed by atoms with Crippen molar-refractivity contribution in [2.24, 2.45) is 5.92 Å². The number of nitrogens with one attached hydrogen (secondary N) is 1. The molecule has 1 N–H and O–H groups in total. The zero-order chi connectivity index (χ0) is 10.8. The topological polar surface area (TPSA) is 46.2 Å². The second-order valence-electron chi connectivity index (χ2n) is 3.42. The minimum absolute atomic E-state index is 0. The van der Waals surface area contributed by atoms with Crippen LogP contribution in [0, 0.1) is 5.92 Å². The Kier molecular flexibility index (Phi) is 5.35. The first kappa shape index (κ1) is 15.0. The van der Waals surface area contributed by atoms with E-state index in [9.17, 15) is 21.6 Å². The van der Waals surface area contributed by atoms with Gasteiger partial charge in [0.1, 0.15) is 0 Å². The number of sulfone groups is 1. The first-order valence-electron chi connectivity index (χ1n) is 4.32. The van der Waals surface area contributed by atoms with Crippen LogP contribution in [0.3, 0.4) is 0 Å². The van der Waals surface area contributed by atoms with E-state index in [4.69, 9.17) is 0 Å². The van der Waals surface area contributed by atoms with Gasteiger partial charge in [-0.05, 0) is 31.8 Å². The van der Waals surface area contributed by atoms with Gasteiger partial charge >= 0.3 is 5.51 Å². The first-order valence-corrected chi connectivity index (χ1v) is 5.98. The van der Waals surface area contributed by atoms with Crippen LogP contribution in [0.1, 0.15) is 12.8 Å². The average molecular weight is 268 g/mol. The van der Waals surface area contributed by atoms with E-state index in [0.717, 1.165) is 0 Å². The van der Waals surface area contributed by atoms with Crippen LogP contribution in [0.2, 0.25) is 0 Å². The second-order valence-corrected chi connectivity index (χ2v) is 5.45. The van der Waals surface area contributed by atoms with E-state index in [1.807, 2.05) is 0 Å². The highest BCUT2D eigenvalue weighted by molar-refractivity contribution is 7.92. The highest BCUT2D eigenvalue weighted by Gasteiger charge is 2.46. The molecule has 0 bridgehead atoms. The lowest BCUT2D eigenvalue weighted by molar-refractivity contribution is -0.0439. The van der Waals surface area contributed by atoms with Crippen LogP contribution in [-0.4, -0.2) is 32.8 Å². The van der Waals surface area contributed by atoms with E-state index in [-0.39, 0.29) is 18.3 Å². The van der Waals surface area contributed by atoms with Crippen LogP contribution >= 0.6 is 12.4 Å². The predicted octanol–water partition coefficient (Wildman–Crippen LogP) is 1.34. The summed E-state index contributed by atoms with van der Waals surface area (Å²) in [6.45, 7) is 1.19. The molecule has 3 nitrogen and oxygen atoms in total. The molecule has 0 unspecified atom stereocenters. The number of hydrogen-bond donors (Lipinski definition) is 1. The second kappa shape index (κ2) is 5.36. The van der Waals surface area contributed by atoms with Gasteiger partial charge in [-0.3, -0.25) is 0 Å². The Morgan fingerprint density at radius 1 is 1.20 bits per heavy atom. The Balaban J connectivity index is 0.00000196. The third-order valence-electron chi connectivity index (χ3n) is 2.27. The van der Waals surface area contributed by atoms with Crippen molar-refractivity contribution < 1.29 is 21.6 Å². The summed E-state index contributed by atoms with van der Waals surface area (Å²) in [5.41, 5.74) is -5.10. The number of piperidine rings is 1. The Morgan fingerprint density at radius 3 is 2.07 bits per heavy atom. The lowest BCUT2D eigenvalue weighted by atomic mass is 10.0. The van der Waals surface area contributed by atoms with Crippen molar-refractivity contribution in [2.45, 2.75) is 18.3 Å². The minimum atomic E-state index is -5.10. The van der Waals surface area contributed by atoms with Gasteiger partial charge in [0.25, 0.3) is 0 Å². The zero-order valence-electron chi connectivity index (χ0n) is 7.88. The SMILES string of the molecule is Cl.O=S(=O)(CC1CCNCC1)C(F)(F)F. The Labute approximate surface area is 92.7 Å². The molecule has 1 fully saturated rings. The van der Waals surface area contributed by atoms with Crippen molar-refractivity contribution in [3.63, 3.8) is 0 Å². The van der Waals surface area contributed by atoms with Gasteiger partial charge in [0.15, 0.2) is 0 Å². The summed E-state index contributed by atoms with van der Waals surface area (Å²) in [6, 6.07) is 0. The summed E-state index contributed by atoms with van der Waals surface area (Å²) in [5.74, 6) is -1.12. The molecule has 1 heterocycles. The fourth-order valence-corrected chi connectivity index (χ4v) is 2.60. The molecule has 0 atom stereocenters. The van der Waals surface area contributed by atoms with Crippen molar-refractivity contribution in [3.8, 4) is 0 Å². The molecule has 0 aromatic carbocycles. The van der Waals surface area contributed by atoms with Gasteiger partial charge in [-0.1, -0.05) is 0 Å². The fraction of sp³-hybridized carbons (Fsp3) is 1.00. The number of halogens is 4. The van der Waals surface area contributed by atoms with Gasteiger partial charge in [0, 0.05) is 0 Å². The van der Waals surface area contributed by atoms with Gasteiger partial charge in [0.2, 0.25) is 9.84 Å². The van der Waals surface area contributed by atoms with Crippen LogP contribution in [0.25, 0.3) is 0 Å². The van der Waals surface area contributed by atoms with Crippen molar-refractivity contribution in [2.75, 3.05) is 18.8 Å². The molecule has 1 aliphatic rings. The number of rotatable bonds is 2. The zero-order valence-corrected chi connectivity index (χ0v) is 9.51. The van der Waals surface area contributed by atoms with Gasteiger partial charge < -0.3 is 5.32 Å². The molecule has 1 aliphatic heterocycles. The maximum atomic E-state index is 12.0. The molecule has 8 heteroatoms. The van der Waals surface area contributed by atoms with Crippen LogP contribution in [0.4, 0.5) is 13.2 Å². The maximum absolute atomic E-state index is 12.0. The molecular formula is C7H13ClF3NO2S. The summed E-state index contributed by atoms with van der Waals surface area (Å²) in [5, 5.41) is 2.96. The third-order valence-corrected chi connectivity index (χ3v) is 3.88. The summed E-state index contributed by atoms with van der Waals surface area (Å²) in [7, 11) is -4.93. The fourth-order valence-electron chi connectivity index (χ4n) is 1.45. The van der Waals surface area contributed by atoms with Crippen molar-refractivity contribution in [3.05, 3.63) is 0 Å². The van der Waals surface area contributed by atoms with E-state index < -0.39 is 21.1 Å². The molecule has 1 rings (SSSR count). The molecule has 0 aromatic rings. The maximum Gasteiger partial charge on any atom is 0.497 e. The summed E-state index contributed by atoms with van der Waals surface area (Å²) < 4.78 is 57.5. The molecule has 0 amide bonds. The summed E-state index contributed by atoms with van der Waals surface area (Å²) >= 11 is 0. The minimum Gasteiger partial charge on any atom is -0.317 e. The van der Waals surface area contributed by atoms with Crippen molar-refractivity contribution in [1.29, 1.82) is 0 Å². The van der Waals surface area contributed by atoms with E-state index in [0.29, 0.717) is 25.9 Å². The van der Waals surface area contributed by atoms with E-state index in [1.165, 1.54) is 0 Å². The summed E-state index contributed by atoms with van der Waals surface area (Å²) in [6.07, 6.45) is 0.991. The molecule has 0 aromatic heterocycles. The van der Waals surface area contributed by atoms with Gasteiger partial charge in [-0.25, -0.2) is 8.42 Å². The average Bonchev–Trinajstić information content (AvgIpc) is 2.03. The van der Waals surface area contributed by atoms with E-state index in [1.54, 1.807) is 0 Å². The molecule has 0 saturated carbocycles. The van der Waals surface area contributed by atoms with Gasteiger partial charge in [-0.2, -0.15) is 13.2 Å². The molecule has 1 saturated heterocycles. The van der Waals surface area contributed by atoms with E-state index in [2.05, 4.69) is 5.32 Å². The quantitative estimate of drug-likeness (QED) is 0.821. The standard InChI is InChI=1S/C7H12F3NO2S.ClH/c8-7(9,10)14(12,13)5-6-1-3-11-4-2-6;/h6,11H,1-5H2;1H. The van der Waals surface area contributed by atoms with Crippen molar-refractivity contribution in [1.82, 2.24) is 5.32 Å². The Bertz CT molecular complexity index is 285. The molecule has 0 radical (unpaired) electrons. The van der Waals surface area contributed by atoms with Gasteiger partial charge in [0.05, 0.1) is 5.75 Å². The number of alkyl halides is 3. The monoisotopic (exact) mass is 267 g/mol. The Morgan fingerprint density at radius 2 is 1.67 bits per heavy atom. The highest BCUT2D eigenvalue weighted by Crippen LogP contribution is 2.27. The third kappa shape index (κ3) is 4.16. The highest BCUT2D eigenvalue weighted by atomic mass is 35.5. The number of hydrogen-bond acceptors (Lipinski definition) is 3. The molecule has 0 spiro atoms. The first-order chi connectivity index (χ1) is 6.33. The molecule has 0 aliphatic carbocycles. The lowest BCUT2D eigenvalue weighted by Gasteiger charge is -2.22. The van der Waals surface area contributed by atoms with Crippen LogP contribution in [0.5, 0.6) is 0 Å². The van der Waals surface area contributed by atoms with Gasteiger partial charge in [-0.15, -0.1) is 12.4 Å². The summed E-state index contributed by atoms with van der Waals surface area (Å²) in [4.78, 5) is 0. The van der Waals surface area contributed by atoms with Crippen LogP contribution in [0.15, 0.2) is 0 Å². The Hall–Kier alpha value is -0.0100. The predicted molar refractivity (Wildman–Crippen MR) is 52.7 cm³/mol. The smallest absolute Gasteiger partial charge is 0.317 e. The molecule has 15 heavy (non-hydrogen) atoms.